The number of hydrogen-bond acceptors (Lipinski definition) is 5. The van der Waals surface area contributed by atoms with Crippen LogP contribution in [0.4, 0.5) is 0 Å². The number of benzene rings is 3. The molecule has 1 heterocycles. The maximum absolute atomic E-state index is 12.8. The molecule has 0 aromatic heterocycles. The fraction of sp³-hybridized carbons (Fsp3) is 0.150. The van der Waals surface area contributed by atoms with E-state index in [4.69, 9.17) is 4.74 Å². The Balaban J connectivity index is 1.90. The smallest absolute Gasteiger partial charge is 0.331 e. The fourth-order valence-corrected chi connectivity index (χ4v) is 3.12. The Morgan fingerprint density at radius 1 is 1.04 bits per heavy atom. The molecule has 0 amide bonds. The van der Waals surface area contributed by atoms with Crippen molar-refractivity contribution in [2.75, 3.05) is 6.61 Å². The zero-order chi connectivity index (χ0) is 17.4. The Morgan fingerprint density at radius 3 is 2.68 bits per heavy atom. The molecule has 0 saturated heterocycles. The molecular weight excluding hydrogens is 318 g/mol. The highest BCUT2D eigenvalue weighted by atomic mass is 16.7. The normalized spacial score (nSPS) is 15.7. The number of fused-ring (bicyclic) bond motifs is 5. The van der Waals surface area contributed by atoms with E-state index in [1.165, 1.54) is 6.92 Å². The predicted octanol–water partition coefficient (Wildman–Crippen LogP) is 3.88. The van der Waals surface area contributed by atoms with Crippen molar-refractivity contribution in [3.8, 4) is 5.75 Å². The second-order valence-electron chi connectivity index (χ2n) is 5.87. The van der Waals surface area contributed by atoms with Gasteiger partial charge in [-0.2, -0.15) is 0 Å². The van der Waals surface area contributed by atoms with Crippen LogP contribution in [0.15, 0.2) is 53.7 Å². The predicted molar refractivity (Wildman–Crippen MR) is 95.1 cm³/mol. The summed E-state index contributed by atoms with van der Waals surface area (Å²) in [5.74, 6) is -0.277. The van der Waals surface area contributed by atoms with Gasteiger partial charge in [0.1, 0.15) is 11.5 Å². The van der Waals surface area contributed by atoms with E-state index in [9.17, 15) is 9.59 Å². The van der Waals surface area contributed by atoms with Crippen molar-refractivity contribution in [2.24, 2.45) is 5.16 Å². The second-order valence-corrected chi connectivity index (χ2v) is 5.87. The molecule has 0 N–H and O–H groups in total. The molecule has 0 saturated carbocycles. The molecule has 0 bridgehead atoms. The Kier molecular flexibility index (Phi) is 3.69. The number of Topliss-reactive ketones (excluding diaryl/α,β-unsaturated/α-hetero) is 1. The standard InChI is InChI=1S/C20H15NO4/c1-12(22)25-21-18-10-11-24-20-16-7-6-13-4-2-3-5-14(13)15(16)8-9-17(20)19(18)23/h2-9H,10-11H2,1H3/b21-18+. The molecule has 0 fully saturated rings. The molecule has 1 aliphatic heterocycles. The van der Waals surface area contributed by atoms with Gasteiger partial charge in [0.15, 0.2) is 0 Å². The van der Waals surface area contributed by atoms with Gasteiger partial charge < -0.3 is 9.57 Å². The van der Waals surface area contributed by atoms with E-state index in [-0.39, 0.29) is 17.9 Å². The number of oxime groups is 1. The third kappa shape index (κ3) is 2.63. The third-order valence-corrected chi connectivity index (χ3v) is 4.25. The van der Waals surface area contributed by atoms with Gasteiger partial charge in [0.2, 0.25) is 5.78 Å². The number of ether oxygens (including phenoxy) is 1. The van der Waals surface area contributed by atoms with Gasteiger partial charge in [0, 0.05) is 18.7 Å². The van der Waals surface area contributed by atoms with Gasteiger partial charge in [0.25, 0.3) is 0 Å². The number of hydrogen-bond donors (Lipinski definition) is 0. The summed E-state index contributed by atoms with van der Waals surface area (Å²) in [5, 5.41) is 7.85. The minimum Gasteiger partial charge on any atom is -0.492 e. The first kappa shape index (κ1) is 15.3. The van der Waals surface area contributed by atoms with E-state index >= 15 is 0 Å². The van der Waals surface area contributed by atoms with Gasteiger partial charge in [-0.1, -0.05) is 41.6 Å². The average Bonchev–Trinajstić information content (AvgIpc) is 2.78. The topological polar surface area (TPSA) is 65.0 Å². The monoisotopic (exact) mass is 333 g/mol. The van der Waals surface area contributed by atoms with E-state index in [0.717, 1.165) is 21.5 Å². The first-order valence-electron chi connectivity index (χ1n) is 8.01. The quantitative estimate of drug-likeness (QED) is 0.385. The minimum atomic E-state index is -0.560. The molecule has 5 nitrogen and oxygen atoms in total. The van der Waals surface area contributed by atoms with Crippen molar-refractivity contribution in [1.29, 1.82) is 0 Å². The highest BCUT2D eigenvalue weighted by Crippen LogP contribution is 2.36. The zero-order valence-electron chi connectivity index (χ0n) is 13.6. The molecule has 0 aliphatic carbocycles. The first-order valence-corrected chi connectivity index (χ1v) is 8.01. The van der Waals surface area contributed by atoms with Gasteiger partial charge in [-0.25, -0.2) is 4.79 Å². The molecule has 0 spiro atoms. The summed E-state index contributed by atoms with van der Waals surface area (Å²) < 4.78 is 5.88. The molecule has 4 rings (SSSR count). The van der Waals surface area contributed by atoms with Gasteiger partial charge in [-0.15, -0.1) is 0 Å². The molecule has 0 radical (unpaired) electrons. The van der Waals surface area contributed by atoms with Crippen LogP contribution in [-0.2, 0) is 9.63 Å². The van der Waals surface area contributed by atoms with E-state index in [2.05, 4.69) is 22.1 Å². The number of carbonyl (C=O) groups excluding carboxylic acids is 2. The lowest BCUT2D eigenvalue weighted by Gasteiger charge is -2.11. The number of ketones is 1. The van der Waals surface area contributed by atoms with Crippen molar-refractivity contribution in [3.05, 3.63) is 54.1 Å². The molecule has 0 unspecified atom stereocenters. The molecule has 5 heteroatoms. The molecule has 3 aromatic rings. The molecule has 3 aromatic carbocycles. The van der Waals surface area contributed by atoms with Gasteiger partial charge >= 0.3 is 5.97 Å². The van der Waals surface area contributed by atoms with Crippen LogP contribution in [0.1, 0.15) is 23.7 Å². The van der Waals surface area contributed by atoms with Crippen molar-refractivity contribution >= 4 is 39.0 Å². The highest BCUT2D eigenvalue weighted by molar-refractivity contribution is 6.47. The van der Waals surface area contributed by atoms with Crippen LogP contribution in [0.5, 0.6) is 5.75 Å². The zero-order valence-corrected chi connectivity index (χ0v) is 13.6. The summed E-state index contributed by atoms with van der Waals surface area (Å²) >= 11 is 0. The highest BCUT2D eigenvalue weighted by Gasteiger charge is 2.25. The summed E-state index contributed by atoms with van der Waals surface area (Å²) in [6.45, 7) is 1.54. The van der Waals surface area contributed by atoms with Gasteiger partial charge in [0.05, 0.1) is 12.2 Å². The van der Waals surface area contributed by atoms with Crippen molar-refractivity contribution < 1.29 is 19.2 Å². The van der Waals surface area contributed by atoms with E-state index in [0.29, 0.717) is 17.9 Å². The first-order chi connectivity index (χ1) is 12.1. The molecule has 1 aliphatic rings. The fourth-order valence-electron chi connectivity index (χ4n) is 3.12. The van der Waals surface area contributed by atoms with Crippen LogP contribution in [0.2, 0.25) is 0 Å². The van der Waals surface area contributed by atoms with Crippen LogP contribution in [-0.4, -0.2) is 24.1 Å². The summed E-state index contributed by atoms with van der Waals surface area (Å²) in [6.07, 6.45) is 0.288. The Bertz CT molecular complexity index is 1050. The van der Waals surface area contributed by atoms with Crippen LogP contribution in [0.25, 0.3) is 21.5 Å². The van der Waals surface area contributed by atoms with Gasteiger partial charge in [-0.05, 0) is 28.3 Å². The Hall–Kier alpha value is -3.21. The van der Waals surface area contributed by atoms with E-state index in [1.807, 2.05) is 30.3 Å². The Labute approximate surface area is 143 Å². The number of rotatable bonds is 1. The third-order valence-electron chi connectivity index (χ3n) is 4.25. The Morgan fingerprint density at radius 2 is 1.84 bits per heavy atom. The summed E-state index contributed by atoms with van der Waals surface area (Å²) in [6, 6.07) is 15.8. The number of carbonyl (C=O) groups is 2. The number of nitrogens with zero attached hydrogens (tertiary/aromatic N) is 1. The summed E-state index contributed by atoms with van der Waals surface area (Å²) in [7, 11) is 0. The van der Waals surface area contributed by atoms with Crippen LogP contribution >= 0.6 is 0 Å². The average molecular weight is 333 g/mol. The van der Waals surface area contributed by atoms with Crippen LogP contribution < -0.4 is 4.74 Å². The van der Waals surface area contributed by atoms with Gasteiger partial charge in [-0.3, -0.25) is 4.79 Å². The molecule has 0 atom stereocenters. The van der Waals surface area contributed by atoms with Crippen LogP contribution in [0.3, 0.4) is 0 Å². The molecule has 25 heavy (non-hydrogen) atoms. The maximum Gasteiger partial charge on any atom is 0.331 e. The lowest BCUT2D eigenvalue weighted by Crippen LogP contribution is -2.15. The maximum atomic E-state index is 12.8. The van der Waals surface area contributed by atoms with Crippen molar-refractivity contribution in [2.45, 2.75) is 13.3 Å². The molecule has 124 valence electrons. The van der Waals surface area contributed by atoms with Crippen molar-refractivity contribution in [3.63, 3.8) is 0 Å². The largest absolute Gasteiger partial charge is 0.492 e. The van der Waals surface area contributed by atoms with Crippen LogP contribution in [0, 0.1) is 0 Å². The minimum absolute atomic E-state index is 0.189. The molecular formula is C20H15NO4. The summed E-state index contributed by atoms with van der Waals surface area (Å²) in [5.41, 5.74) is 0.625. The lowest BCUT2D eigenvalue weighted by molar-refractivity contribution is -0.140. The SMILES string of the molecule is CC(=O)O/N=C1\CCOc2c(ccc3c2ccc2ccccc23)C1=O. The second kappa shape index (κ2) is 6.02. The lowest BCUT2D eigenvalue weighted by atomic mass is 9.96. The van der Waals surface area contributed by atoms with E-state index in [1.54, 1.807) is 6.07 Å². The van der Waals surface area contributed by atoms with Crippen molar-refractivity contribution in [1.82, 2.24) is 0 Å². The summed E-state index contributed by atoms with van der Waals surface area (Å²) in [4.78, 5) is 28.3. The van der Waals surface area contributed by atoms with E-state index < -0.39 is 5.97 Å².